The summed E-state index contributed by atoms with van der Waals surface area (Å²) in [5.41, 5.74) is 7.90. The number of nitrogens with two attached hydrogens (primary N) is 1. The van der Waals surface area contributed by atoms with Crippen molar-refractivity contribution in [3.05, 3.63) is 65.5 Å². The topological polar surface area (TPSA) is 84.2 Å². The average molecular weight is 434 g/mol. The lowest BCUT2D eigenvalue weighted by molar-refractivity contribution is -0.124. The molecule has 2 aromatic rings. The zero-order valence-electron chi connectivity index (χ0n) is 17.0. The van der Waals surface area contributed by atoms with Crippen LogP contribution in [0.15, 0.2) is 48.5 Å². The average Bonchev–Trinajstić information content (AvgIpc) is 2.74. The molecule has 30 heavy (non-hydrogen) atoms. The smallest absolute Gasteiger partial charge is 0.255 e. The number of halogens is 2. The predicted octanol–water partition coefficient (Wildman–Crippen LogP) is 4.42. The zero-order valence-corrected chi connectivity index (χ0v) is 17.8. The molecule has 162 valence electrons. The van der Waals surface area contributed by atoms with Gasteiger partial charge in [0, 0.05) is 24.2 Å². The first-order valence-electron chi connectivity index (χ1n) is 10.1. The first-order chi connectivity index (χ1) is 14.0. The van der Waals surface area contributed by atoms with Gasteiger partial charge in [-0.05, 0) is 66.8 Å². The van der Waals surface area contributed by atoms with Crippen molar-refractivity contribution in [2.24, 2.45) is 11.1 Å². The molecule has 1 saturated carbocycles. The minimum atomic E-state index is -0.381. The van der Waals surface area contributed by atoms with Gasteiger partial charge in [0.25, 0.3) is 5.91 Å². The largest absolute Gasteiger partial charge is 0.352 e. The van der Waals surface area contributed by atoms with Crippen LogP contribution in [0.3, 0.4) is 0 Å². The lowest BCUT2D eigenvalue weighted by Crippen LogP contribution is -2.38. The van der Waals surface area contributed by atoms with Crippen molar-refractivity contribution >= 4 is 29.9 Å². The molecule has 5 nitrogen and oxygen atoms in total. The number of anilines is 1. The molecule has 0 saturated heterocycles. The van der Waals surface area contributed by atoms with E-state index in [1.807, 2.05) is 12.1 Å². The summed E-state index contributed by atoms with van der Waals surface area (Å²) < 4.78 is 13.0. The summed E-state index contributed by atoms with van der Waals surface area (Å²) in [7, 11) is 0. The normalized spacial score (nSPS) is 15.0. The molecule has 1 aliphatic carbocycles. The van der Waals surface area contributed by atoms with Gasteiger partial charge in [0.2, 0.25) is 5.91 Å². The van der Waals surface area contributed by atoms with Gasteiger partial charge in [-0.1, -0.05) is 31.4 Å². The lowest BCUT2D eigenvalue weighted by Gasteiger charge is -2.35. The van der Waals surface area contributed by atoms with Crippen molar-refractivity contribution in [3.63, 3.8) is 0 Å². The molecule has 1 aliphatic rings. The number of rotatable bonds is 7. The summed E-state index contributed by atoms with van der Waals surface area (Å²) in [5.74, 6) is -0.648. The van der Waals surface area contributed by atoms with Crippen molar-refractivity contribution in [3.8, 4) is 0 Å². The third kappa shape index (κ3) is 6.54. The summed E-state index contributed by atoms with van der Waals surface area (Å²) >= 11 is 0. The number of hydrogen-bond donors (Lipinski definition) is 3. The molecule has 4 N–H and O–H groups in total. The first kappa shape index (κ1) is 23.8. The van der Waals surface area contributed by atoms with Crippen LogP contribution in [0, 0.1) is 11.2 Å². The maximum absolute atomic E-state index is 13.0. The second-order valence-electron chi connectivity index (χ2n) is 7.88. The molecule has 7 heteroatoms. The van der Waals surface area contributed by atoms with Gasteiger partial charge in [0.1, 0.15) is 5.82 Å². The third-order valence-corrected chi connectivity index (χ3v) is 5.69. The van der Waals surface area contributed by atoms with Crippen LogP contribution in [-0.4, -0.2) is 18.4 Å². The molecule has 0 bridgehead atoms. The number of carbonyl (C=O) groups excluding carboxylic acids is 2. The molecule has 0 aliphatic heterocycles. The molecule has 0 radical (unpaired) electrons. The van der Waals surface area contributed by atoms with E-state index in [1.165, 1.54) is 30.7 Å². The molecule has 0 atom stereocenters. The molecule has 0 heterocycles. The fourth-order valence-corrected chi connectivity index (χ4v) is 3.87. The fourth-order valence-electron chi connectivity index (χ4n) is 3.87. The highest BCUT2D eigenvalue weighted by molar-refractivity contribution is 6.04. The minimum absolute atomic E-state index is 0. The summed E-state index contributed by atoms with van der Waals surface area (Å²) in [6.45, 7) is 0.995. The molecule has 0 spiro atoms. The summed E-state index contributed by atoms with van der Waals surface area (Å²) in [5, 5.41) is 5.75. The fraction of sp³-hybridized carbons (Fsp3) is 0.391. The van der Waals surface area contributed by atoms with Crippen LogP contribution >= 0.6 is 12.4 Å². The predicted molar refractivity (Wildman–Crippen MR) is 119 cm³/mol. The Morgan fingerprint density at radius 1 is 0.967 bits per heavy atom. The second kappa shape index (κ2) is 11.1. The quantitative estimate of drug-likeness (QED) is 0.604. The number of amides is 2. The van der Waals surface area contributed by atoms with Crippen molar-refractivity contribution in [1.82, 2.24) is 5.32 Å². The molecular formula is C23H29ClFN3O2. The van der Waals surface area contributed by atoms with Gasteiger partial charge in [-0.3, -0.25) is 9.59 Å². The maximum atomic E-state index is 13.0. The molecular weight excluding hydrogens is 405 g/mol. The first-order valence-corrected chi connectivity index (χ1v) is 10.1. The van der Waals surface area contributed by atoms with Crippen LogP contribution < -0.4 is 16.4 Å². The van der Waals surface area contributed by atoms with Crippen LogP contribution in [0.1, 0.15) is 54.4 Å². The van der Waals surface area contributed by atoms with Crippen LogP contribution in [0.2, 0.25) is 0 Å². The van der Waals surface area contributed by atoms with Crippen molar-refractivity contribution in [1.29, 1.82) is 0 Å². The van der Waals surface area contributed by atoms with E-state index < -0.39 is 0 Å². The van der Waals surface area contributed by atoms with Gasteiger partial charge in [-0.25, -0.2) is 4.39 Å². The molecule has 2 aromatic carbocycles. The minimum Gasteiger partial charge on any atom is -0.352 e. The highest BCUT2D eigenvalue weighted by Crippen LogP contribution is 2.38. The Morgan fingerprint density at radius 2 is 1.60 bits per heavy atom. The lowest BCUT2D eigenvalue weighted by atomic mass is 9.71. The molecule has 0 unspecified atom stereocenters. The number of hydrogen-bond acceptors (Lipinski definition) is 3. The zero-order chi connectivity index (χ0) is 20.7. The van der Waals surface area contributed by atoms with Crippen molar-refractivity contribution < 1.29 is 14.0 Å². The van der Waals surface area contributed by atoms with Crippen molar-refractivity contribution in [2.45, 2.75) is 45.1 Å². The SMILES string of the molecule is Cl.NCC1(CC(=O)NCc2ccc(NC(=O)c3ccc(F)cc3)cc2)CCCCC1. The second-order valence-corrected chi connectivity index (χ2v) is 7.88. The van der Waals surface area contributed by atoms with Gasteiger partial charge in [0.15, 0.2) is 0 Å². The van der Waals surface area contributed by atoms with E-state index in [9.17, 15) is 14.0 Å². The number of benzene rings is 2. The van der Waals surface area contributed by atoms with Gasteiger partial charge in [0.05, 0.1) is 0 Å². The van der Waals surface area contributed by atoms with Crippen LogP contribution in [0.25, 0.3) is 0 Å². The summed E-state index contributed by atoms with van der Waals surface area (Å²) in [6.07, 6.45) is 6.06. The number of nitrogens with one attached hydrogen (secondary N) is 2. The van der Waals surface area contributed by atoms with Gasteiger partial charge < -0.3 is 16.4 Å². The van der Waals surface area contributed by atoms with E-state index in [0.29, 0.717) is 30.8 Å². The monoisotopic (exact) mass is 433 g/mol. The maximum Gasteiger partial charge on any atom is 0.255 e. The van der Waals surface area contributed by atoms with E-state index in [4.69, 9.17) is 5.73 Å². The Balaban J connectivity index is 0.00000320. The Hall–Kier alpha value is -2.44. The van der Waals surface area contributed by atoms with Crippen molar-refractivity contribution in [2.75, 3.05) is 11.9 Å². The Bertz CT molecular complexity index is 835. The van der Waals surface area contributed by atoms with Crippen LogP contribution in [0.4, 0.5) is 10.1 Å². The highest BCUT2D eigenvalue weighted by Gasteiger charge is 2.32. The van der Waals surface area contributed by atoms with E-state index in [-0.39, 0.29) is 35.5 Å². The van der Waals surface area contributed by atoms with Crippen LogP contribution in [0.5, 0.6) is 0 Å². The third-order valence-electron chi connectivity index (χ3n) is 5.69. The van der Waals surface area contributed by atoms with Gasteiger partial charge in [-0.2, -0.15) is 0 Å². The van der Waals surface area contributed by atoms with E-state index in [0.717, 1.165) is 31.2 Å². The Kier molecular flexibility index (Phi) is 8.81. The Labute approximate surface area is 183 Å². The summed E-state index contributed by atoms with van der Waals surface area (Å²) in [4.78, 5) is 24.6. The van der Waals surface area contributed by atoms with Gasteiger partial charge in [-0.15, -0.1) is 12.4 Å². The molecule has 0 aromatic heterocycles. The van der Waals surface area contributed by atoms with E-state index >= 15 is 0 Å². The number of carbonyl (C=O) groups is 2. The molecule has 1 fully saturated rings. The molecule has 2 amide bonds. The standard InChI is InChI=1S/C23H28FN3O2.ClH/c24-19-8-6-18(7-9-19)22(29)27-20-10-4-17(5-11-20)15-26-21(28)14-23(16-25)12-2-1-3-13-23;/h4-11H,1-3,12-16,25H2,(H,26,28)(H,27,29);1H. The van der Waals surface area contributed by atoms with E-state index in [2.05, 4.69) is 10.6 Å². The summed E-state index contributed by atoms with van der Waals surface area (Å²) in [6, 6.07) is 12.7. The molecule has 3 rings (SSSR count). The van der Waals surface area contributed by atoms with Gasteiger partial charge >= 0.3 is 0 Å². The van der Waals surface area contributed by atoms with Crippen LogP contribution in [-0.2, 0) is 11.3 Å². The highest BCUT2D eigenvalue weighted by atomic mass is 35.5. The Morgan fingerprint density at radius 3 is 2.20 bits per heavy atom. The van der Waals surface area contributed by atoms with E-state index in [1.54, 1.807) is 12.1 Å².